The Labute approximate surface area is 285 Å². The topological polar surface area (TPSA) is 57.2 Å². The molecule has 0 N–H and O–H groups in total. The molecule has 0 spiro atoms. The van der Waals surface area contributed by atoms with Crippen molar-refractivity contribution in [2.75, 3.05) is 23.0 Å². The molecule has 0 aromatic carbocycles. The average molecular weight is 639 g/mol. The van der Waals surface area contributed by atoms with Crippen molar-refractivity contribution < 1.29 is 42.5 Å². The first kappa shape index (κ1) is 47.9. The van der Waals surface area contributed by atoms with Gasteiger partial charge >= 0.3 is 29.6 Å². The number of thiol groups is 3. The zero-order chi connectivity index (χ0) is 29.0. The summed E-state index contributed by atoms with van der Waals surface area (Å²) >= 11 is 12.5. The summed E-state index contributed by atoms with van der Waals surface area (Å²) < 4.78 is 30.9. The van der Waals surface area contributed by atoms with Crippen molar-refractivity contribution in [2.45, 2.75) is 174 Å². The van der Waals surface area contributed by atoms with Crippen LogP contribution < -0.4 is 29.6 Å². The number of hydrogen-bond acceptors (Lipinski definition) is 6. The van der Waals surface area contributed by atoms with Gasteiger partial charge in [0.05, 0.1) is 10.1 Å². The van der Waals surface area contributed by atoms with E-state index in [9.17, 15) is 13.0 Å². The Hall–Kier alpha value is 1.96. The van der Waals surface area contributed by atoms with E-state index >= 15 is 0 Å². The maximum absolute atomic E-state index is 10.3. The Morgan fingerprint density at radius 2 is 0.615 bits per heavy atom. The molecular weight excluding hydrogens is 572 g/mol. The molecule has 39 heavy (non-hydrogen) atoms. The third-order valence-corrected chi connectivity index (χ3v) is 8.31. The summed E-state index contributed by atoms with van der Waals surface area (Å²) in [5.41, 5.74) is 0. The van der Waals surface area contributed by atoms with Gasteiger partial charge in [-0.05, 0) is 42.9 Å². The van der Waals surface area contributed by atoms with E-state index in [-0.39, 0.29) is 35.3 Å². The normalized spacial score (nSPS) is 10.7. The summed E-state index contributed by atoms with van der Waals surface area (Å²) in [6.45, 7) is 4.52. The summed E-state index contributed by atoms with van der Waals surface area (Å²) in [5, 5.41) is 0. The molecule has 0 rings (SSSR count). The van der Waals surface area contributed by atoms with Crippen LogP contribution in [0.4, 0.5) is 0 Å². The molecule has 0 aliphatic rings. The molecule has 0 amide bonds. The minimum absolute atomic E-state index is 0. The molecule has 8 heteroatoms. The first-order valence-electron chi connectivity index (χ1n) is 16.2. The molecule has 0 unspecified atom stereocenters. The Morgan fingerprint density at radius 3 is 0.821 bits per heavy atom. The van der Waals surface area contributed by atoms with Crippen LogP contribution in [0.3, 0.4) is 0 Å². The van der Waals surface area contributed by atoms with Gasteiger partial charge in [0.25, 0.3) is 0 Å². The third kappa shape index (κ3) is 60.1. The second-order valence-electron chi connectivity index (χ2n) is 10.6. The second-order valence-corrected chi connectivity index (χ2v) is 13.4. The predicted molar refractivity (Wildman–Crippen MR) is 183 cm³/mol. The molecule has 0 saturated carbocycles. The van der Waals surface area contributed by atoms with E-state index in [1.54, 1.807) is 0 Å². The summed E-state index contributed by atoms with van der Waals surface area (Å²) in [4.78, 5) is 0. The maximum Gasteiger partial charge on any atom is 1.00 e. The van der Waals surface area contributed by atoms with Crippen LogP contribution in [0.5, 0.6) is 0 Å². The predicted octanol–water partition coefficient (Wildman–Crippen LogP) is 8.09. The fraction of sp³-hybridized carbons (Fsp3) is 1.00. The molecule has 0 aliphatic heterocycles. The Bertz CT molecular complexity index is 478. The van der Waals surface area contributed by atoms with Gasteiger partial charge in [0.15, 0.2) is 0 Å². The molecule has 0 atom stereocenters. The van der Waals surface area contributed by atoms with Crippen LogP contribution in [0.2, 0.25) is 0 Å². The Morgan fingerprint density at radius 1 is 0.410 bits per heavy atom. The van der Waals surface area contributed by atoms with Crippen molar-refractivity contribution in [3.63, 3.8) is 0 Å². The van der Waals surface area contributed by atoms with E-state index in [0.29, 0.717) is 6.42 Å². The molecular formula is C31H67NaO3S4. The number of rotatable bonds is 27. The van der Waals surface area contributed by atoms with Crippen LogP contribution in [0.15, 0.2) is 0 Å². The first-order chi connectivity index (χ1) is 18.4. The van der Waals surface area contributed by atoms with Gasteiger partial charge in [-0.3, -0.25) is 0 Å². The monoisotopic (exact) mass is 638 g/mol. The smallest absolute Gasteiger partial charge is 0.748 e. The molecule has 0 bridgehead atoms. The van der Waals surface area contributed by atoms with E-state index < -0.39 is 10.1 Å². The van der Waals surface area contributed by atoms with Crippen LogP contribution in [0, 0.1) is 0 Å². The van der Waals surface area contributed by atoms with Crippen molar-refractivity contribution in [3.8, 4) is 0 Å². The van der Waals surface area contributed by atoms with Crippen molar-refractivity contribution in [1.29, 1.82) is 0 Å². The second kappa shape index (κ2) is 44.4. The minimum atomic E-state index is -3.99. The molecule has 0 aromatic rings. The van der Waals surface area contributed by atoms with Gasteiger partial charge in [0, 0.05) is 5.75 Å². The van der Waals surface area contributed by atoms with Crippen LogP contribution in [-0.2, 0) is 10.1 Å². The van der Waals surface area contributed by atoms with Crippen molar-refractivity contribution in [1.82, 2.24) is 0 Å². The minimum Gasteiger partial charge on any atom is -0.748 e. The number of unbranched alkanes of at least 4 members (excludes halogenated alkanes) is 22. The molecule has 0 aliphatic carbocycles. The first-order valence-corrected chi connectivity index (χ1v) is 19.6. The van der Waals surface area contributed by atoms with Crippen LogP contribution >= 0.6 is 37.9 Å². The summed E-state index contributed by atoms with van der Waals surface area (Å²) in [6, 6.07) is 0. The summed E-state index contributed by atoms with van der Waals surface area (Å²) in [5.74, 6) is 2.90. The molecule has 0 radical (unpaired) electrons. The summed E-state index contributed by atoms with van der Waals surface area (Å²) in [6.07, 6.45) is 32.2. The third-order valence-electron chi connectivity index (χ3n) is 6.58. The van der Waals surface area contributed by atoms with Crippen LogP contribution in [0.25, 0.3) is 0 Å². The molecule has 0 saturated heterocycles. The number of hydrogen-bond donors (Lipinski definition) is 3. The quantitative estimate of drug-likeness (QED) is 0.0369. The van der Waals surface area contributed by atoms with Crippen LogP contribution in [0.1, 0.15) is 174 Å². The van der Waals surface area contributed by atoms with Crippen LogP contribution in [-0.4, -0.2) is 36.0 Å². The Kier molecular flexibility index (Phi) is 54.5. The fourth-order valence-electron chi connectivity index (χ4n) is 4.12. The van der Waals surface area contributed by atoms with Crippen molar-refractivity contribution >= 4 is 48.0 Å². The van der Waals surface area contributed by atoms with Gasteiger partial charge in [-0.1, -0.05) is 149 Å². The average Bonchev–Trinajstić information content (AvgIpc) is 2.89. The van der Waals surface area contributed by atoms with Crippen molar-refractivity contribution in [2.24, 2.45) is 0 Å². The molecule has 234 valence electrons. The van der Waals surface area contributed by atoms with Crippen molar-refractivity contribution in [3.05, 3.63) is 0 Å². The van der Waals surface area contributed by atoms with Gasteiger partial charge in [-0.25, -0.2) is 8.42 Å². The van der Waals surface area contributed by atoms with Gasteiger partial charge in [0.2, 0.25) is 0 Å². The summed E-state index contributed by atoms with van der Waals surface area (Å²) in [7, 11) is -3.99. The Balaban J connectivity index is -0.000000242. The van der Waals surface area contributed by atoms with E-state index in [4.69, 9.17) is 0 Å². The molecule has 3 nitrogen and oxygen atoms in total. The van der Waals surface area contributed by atoms with Gasteiger partial charge < -0.3 is 4.55 Å². The van der Waals surface area contributed by atoms with E-state index in [1.165, 1.54) is 135 Å². The van der Waals surface area contributed by atoms with E-state index in [2.05, 4.69) is 51.7 Å². The SMILES string of the molecule is CCCCCCCCCCCCS.CCCCCCCCS.O=S(=O)([O-])CCCCCCCCCCCS.[Na+]. The fourth-order valence-corrected chi connectivity index (χ4v) is 5.35. The van der Waals surface area contributed by atoms with E-state index in [0.717, 1.165) is 36.5 Å². The molecule has 0 aromatic heterocycles. The van der Waals surface area contributed by atoms with Gasteiger partial charge in [-0.15, -0.1) is 0 Å². The largest absolute Gasteiger partial charge is 1.00 e. The maximum atomic E-state index is 10.3. The van der Waals surface area contributed by atoms with Gasteiger partial charge in [-0.2, -0.15) is 37.9 Å². The standard InChI is InChI=1S/C12H26S.C11H24O3S2.C8H18S.Na/c1-2-3-4-5-6-7-8-9-10-11-12-13;12-16(13,14)11-9-7-5-3-1-2-4-6-8-10-15;1-2-3-4-5-6-7-8-9;/h13H,2-12H2,1H3;15H,1-11H2,(H,12,13,14);9H,2-8H2,1H3;/q;;;+1/p-1. The van der Waals surface area contributed by atoms with Gasteiger partial charge in [0.1, 0.15) is 0 Å². The molecule has 0 heterocycles. The van der Waals surface area contributed by atoms with E-state index in [1.807, 2.05) is 0 Å². The zero-order valence-electron chi connectivity index (χ0n) is 26.5. The zero-order valence-corrected chi connectivity index (χ0v) is 32.0. The molecule has 0 fully saturated rings.